The van der Waals surface area contributed by atoms with Crippen molar-refractivity contribution in [2.75, 3.05) is 6.54 Å². The number of rotatable bonds is 4. The van der Waals surface area contributed by atoms with E-state index in [0.29, 0.717) is 17.1 Å². The number of carbonyl (C=O) groups excluding carboxylic acids is 1. The maximum absolute atomic E-state index is 13.1. The molecule has 1 aromatic heterocycles. The van der Waals surface area contributed by atoms with Gasteiger partial charge in [-0.05, 0) is 45.0 Å². The molecule has 1 aromatic carbocycles. The average molecular weight is 309 g/mol. The lowest BCUT2D eigenvalue weighted by atomic mass is 9.96. The highest BCUT2D eigenvalue weighted by atomic mass is 19.2. The zero-order valence-electron chi connectivity index (χ0n) is 12.5. The topological polar surface area (TPSA) is 62.5 Å². The third-order valence-corrected chi connectivity index (χ3v) is 3.40. The fourth-order valence-electron chi connectivity index (χ4n) is 2.25. The van der Waals surface area contributed by atoms with Crippen molar-refractivity contribution in [2.24, 2.45) is 0 Å². The molecule has 0 aliphatic heterocycles. The molecule has 2 rings (SSSR count). The molecule has 0 spiro atoms. The normalized spacial score (nSPS) is 13.7. The van der Waals surface area contributed by atoms with Crippen molar-refractivity contribution in [1.29, 1.82) is 0 Å². The van der Waals surface area contributed by atoms with Crippen LogP contribution >= 0.6 is 0 Å². The molecule has 118 valence electrons. The first-order chi connectivity index (χ1) is 10.2. The first kappa shape index (κ1) is 16.2. The predicted molar refractivity (Wildman–Crippen MR) is 76.4 cm³/mol. The van der Waals surface area contributed by atoms with Gasteiger partial charge >= 0.3 is 0 Å². The summed E-state index contributed by atoms with van der Waals surface area (Å²) in [5.41, 5.74) is -0.791. The maximum atomic E-state index is 13.1. The maximum Gasteiger partial charge on any atom is 0.251 e. The van der Waals surface area contributed by atoms with Gasteiger partial charge in [-0.15, -0.1) is 0 Å². The summed E-state index contributed by atoms with van der Waals surface area (Å²) in [7, 11) is 0. The molecule has 0 aliphatic rings. The van der Waals surface area contributed by atoms with Crippen molar-refractivity contribution in [3.8, 4) is 0 Å². The van der Waals surface area contributed by atoms with Gasteiger partial charge in [-0.1, -0.05) is 0 Å². The molecular formula is C16H17F2NO3. The Kier molecular flexibility index (Phi) is 4.32. The van der Waals surface area contributed by atoms with Crippen LogP contribution in [0.4, 0.5) is 8.78 Å². The number of amides is 1. The number of aliphatic hydroxyl groups is 1. The second kappa shape index (κ2) is 5.88. The fraction of sp³-hybridized carbons (Fsp3) is 0.312. The molecule has 1 heterocycles. The average Bonchev–Trinajstić information content (AvgIpc) is 2.79. The first-order valence-corrected chi connectivity index (χ1v) is 6.74. The van der Waals surface area contributed by atoms with Gasteiger partial charge < -0.3 is 14.8 Å². The molecule has 1 amide bonds. The van der Waals surface area contributed by atoms with Crippen LogP contribution in [0.2, 0.25) is 0 Å². The van der Waals surface area contributed by atoms with Crippen LogP contribution in [0.3, 0.4) is 0 Å². The molecule has 0 aliphatic carbocycles. The summed E-state index contributed by atoms with van der Waals surface area (Å²) in [6.07, 6.45) is 0. The summed E-state index contributed by atoms with van der Waals surface area (Å²) >= 11 is 0. The van der Waals surface area contributed by atoms with Gasteiger partial charge in [0.2, 0.25) is 0 Å². The molecule has 2 N–H and O–H groups in total. The molecule has 2 aromatic rings. The molecule has 4 nitrogen and oxygen atoms in total. The van der Waals surface area contributed by atoms with E-state index in [4.69, 9.17) is 4.42 Å². The smallest absolute Gasteiger partial charge is 0.251 e. The van der Waals surface area contributed by atoms with E-state index in [1.165, 1.54) is 13.0 Å². The Morgan fingerprint density at radius 3 is 2.50 bits per heavy atom. The lowest BCUT2D eigenvalue weighted by Gasteiger charge is -2.23. The molecular weight excluding hydrogens is 292 g/mol. The Balaban J connectivity index is 2.09. The first-order valence-electron chi connectivity index (χ1n) is 6.74. The third kappa shape index (κ3) is 3.33. The quantitative estimate of drug-likeness (QED) is 0.913. The van der Waals surface area contributed by atoms with E-state index in [9.17, 15) is 18.7 Å². The molecule has 0 fully saturated rings. The number of hydrogen-bond acceptors (Lipinski definition) is 3. The van der Waals surface area contributed by atoms with Crippen LogP contribution in [0.5, 0.6) is 0 Å². The second-order valence-corrected chi connectivity index (χ2v) is 5.41. The minimum Gasteiger partial charge on any atom is -0.466 e. The summed E-state index contributed by atoms with van der Waals surface area (Å²) < 4.78 is 31.3. The Bertz CT molecular complexity index is 707. The standard InChI is InChI=1S/C16H17F2NO3/c1-9-6-12(10(2)22-9)16(3,21)8-19-15(20)11-4-5-13(17)14(18)7-11/h4-7,21H,8H2,1-3H3,(H,19,20). The van der Waals surface area contributed by atoms with E-state index in [0.717, 1.165) is 12.1 Å². The molecule has 0 saturated heterocycles. The van der Waals surface area contributed by atoms with Crippen LogP contribution in [0.15, 0.2) is 28.7 Å². The summed E-state index contributed by atoms with van der Waals surface area (Å²) in [5, 5.41) is 13.0. The second-order valence-electron chi connectivity index (χ2n) is 5.41. The largest absolute Gasteiger partial charge is 0.466 e. The molecule has 6 heteroatoms. The van der Waals surface area contributed by atoms with Gasteiger partial charge in [-0.2, -0.15) is 0 Å². The SMILES string of the molecule is Cc1cc(C(C)(O)CNC(=O)c2ccc(F)c(F)c2)c(C)o1. The van der Waals surface area contributed by atoms with Crippen LogP contribution in [0, 0.1) is 25.5 Å². The zero-order valence-corrected chi connectivity index (χ0v) is 12.5. The minimum atomic E-state index is -1.34. The summed E-state index contributed by atoms with van der Waals surface area (Å²) in [6.45, 7) is 4.92. The molecule has 1 atom stereocenters. The van der Waals surface area contributed by atoms with E-state index in [-0.39, 0.29) is 12.1 Å². The van der Waals surface area contributed by atoms with Gasteiger partial charge in [0.1, 0.15) is 17.1 Å². The molecule has 1 unspecified atom stereocenters. The van der Waals surface area contributed by atoms with Crippen molar-refractivity contribution < 1.29 is 23.1 Å². The molecule has 0 radical (unpaired) electrons. The van der Waals surface area contributed by atoms with E-state index in [1.807, 2.05) is 0 Å². The molecule has 0 bridgehead atoms. The van der Waals surface area contributed by atoms with Crippen molar-refractivity contribution in [2.45, 2.75) is 26.4 Å². The number of nitrogens with one attached hydrogen (secondary N) is 1. The number of carbonyl (C=O) groups is 1. The monoisotopic (exact) mass is 309 g/mol. The van der Waals surface area contributed by atoms with Gasteiger partial charge in [-0.3, -0.25) is 4.79 Å². The number of furan rings is 1. The van der Waals surface area contributed by atoms with Crippen LogP contribution in [0.25, 0.3) is 0 Å². The lowest BCUT2D eigenvalue weighted by Crippen LogP contribution is -2.38. The van der Waals surface area contributed by atoms with E-state index in [1.54, 1.807) is 19.9 Å². The van der Waals surface area contributed by atoms with Gasteiger partial charge in [-0.25, -0.2) is 8.78 Å². The summed E-state index contributed by atoms with van der Waals surface area (Å²) in [5.74, 6) is -1.50. The minimum absolute atomic E-state index is 0.0187. The number of aryl methyl sites for hydroxylation is 2. The number of halogens is 2. The van der Waals surface area contributed by atoms with E-state index < -0.39 is 23.1 Å². The highest BCUT2D eigenvalue weighted by molar-refractivity contribution is 5.94. The van der Waals surface area contributed by atoms with Crippen LogP contribution in [-0.4, -0.2) is 17.6 Å². The van der Waals surface area contributed by atoms with E-state index in [2.05, 4.69) is 5.32 Å². The van der Waals surface area contributed by atoms with Gasteiger partial charge in [0.15, 0.2) is 11.6 Å². The highest BCUT2D eigenvalue weighted by Gasteiger charge is 2.28. The number of hydrogen-bond donors (Lipinski definition) is 2. The van der Waals surface area contributed by atoms with Crippen molar-refractivity contribution in [3.05, 3.63) is 58.5 Å². The van der Waals surface area contributed by atoms with Crippen LogP contribution in [0.1, 0.15) is 34.4 Å². The highest BCUT2D eigenvalue weighted by Crippen LogP contribution is 2.26. The van der Waals surface area contributed by atoms with Gasteiger partial charge in [0.05, 0.1) is 6.54 Å². The zero-order chi connectivity index (χ0) is 16.5. The van der Waals surface area contributed by atoms with Gasteiger partial charge in [0, 0.05) is 11.1 Å². The Labute approximate surface area is 126 Å². The fourth-order valence-corrected chi connectivity index (χ4v) is 2.25. The molecule has 0 saturated carbocycles. The Hall–Kier alpha value is -2.21. The Morgan fingerprint density at radius 1 is 1.27 bits per heavy atom. The van der Waals surface area contributed by atoms with Crippen molar-refractivity contribution in [1.82, 2.24) is 5.32 Å². The third-order valence-electron chi connectivity index (χ3n) is 3.40. The summed E-state index contributed by atoms with van der Waals surface area (Å²) in [6, 6.07) is 4.56. The number of benzene rings is 1. The van der Waals surface area contributed by atoms with Gasteiger partial charge in [0.25, 0.3) is 5.91 Å². The van der Waals surface area contributed by atoms with Crippen molar-refractivity contribution >= 4 is 5.91 Å². The predicted octanol–water partition coefficient (Wildman–Crippen LogP) is 2.81. The summed E-state index contributed by atoms with van der Waals surface area (Å²) in [4.78, 5) is 11.9. The van der Waals surface area contributed by atoms with Crippen LogP contribution < -0.4 is 5.32 Å². The van der Waals surface area contributed by atoms with Crippen LogP contribution in [-0.2, 0) is 5.60 Å². The Morgan fingerprint density at radius 2 is 1.95 bits per heavy atom. The molecule has 22 heavy (non-hydrogen) atoms. The van der Waals surface area contributed by atoms with E-state index >= 15 is 0 Å². The van der Waals surface area contributed by atoms with Crippen molar-refractivity contribution in [3.63, 3.8) is 0 Å². The lowest BCUT2D eigenvalue weighted by molar-refractivity contribution is 0.0514.